The van der Waals surface area contributed by atoms with E-state index in [0.29, 0.717) is 63.3 Å². The van der Waals surface area contributed by atoms with Crippen molar-refractivity contribution in [3.63, 3.8) is 0 Å². The summed E-state index contributed by atoms with van der Waals surface area (Å²) in [6.45, 7) is 3.74. The highest BCUT2D eigenvalue weighted by Gasteiger charge is 2.43. The second-order valence-electron chi connectivity index (χ2n) is 10.8. The molecule has 0 amide bonds. The van der Waals surface area contributed by atoms with Gasteiger partial charge in [0.15, 0.2) is 29.6 Å². The van der Waals surface area contributed by atoms with E-state index in [0.717, 1.165) is 14.8 Å². The van der Waals surface area contributed by atoms with Gasteiger partial charge in [-0.25, -0.2) is 4.68 Å². The Bertz CT molecular complexity index is 1770. The van der Waals surface area contributed by atoms with Gasteiger partial charge in [-0.3, -0.25) is 0 Å². The molecule has 1 aliphatic carbocycles. The van der Waals surface area contributed by atoms with Gasteiger partial charge in [0.25, 0.3) is 0 Å². The highest BCUT2D eigenvalue weighted by Crippen LogP contribution is 2.57. The number of nitrogens with zero attached hydrogens (tertiary/aromatic N) is 4. The molecule has 0 saturated carbocycles. The maximum atomic E-state index is 12.2. The molecule has 1 N–H and O–H groups in total. The van der Waals surface area contributed by atoms with Gasteiger partial charge in [-0.05, 0) is 83.8 Å². The van der Waals surface area contributed by atoms with Gasteiger partial charge in [-0.15, -0.1) is 5.10 Å². The molecule has 0 spiro atoms. The van der Waals surface area contributed by atoms with Crippen molar-refractivity contribution in [2.24, 2.45) is 11.1 Å². The second kappa shape index (κ2) is 12.3. The van der Waals surface area contributed by atoms with Gasteiger partial charge in [0.2, 0.25) is 18.3 Å². The van der Waals surface area contributed by atoms with E-state index in [2.05, 4.69) is 38.1 Å². The van der Waals surface area contributed by atoms with Gasteiger partial charge in [0.05, 0.1) is 40.3 Å². The zero-order valence-electron chi connectivity index (χ0n) is 25.7. The molecule has 2 aliphatic rings. The van der Waals surface area contributed by atoms with Crippen LogP contribution in [0.5, 0.6) is 34.5 Å². The van der Waals surface area contributed by atoms with E-state index < -0.39 is 5.60 Å². The van der Waals surface area contributed by atoms with Crippen LogP contribution in [0.3, 0.4) is 0 Å². The molecular weight excluding hydrogens is 695 g/mol. The standard InChI is InChI=1S/C32H33IN4O8/c1-17-11-18-12-24-28(44-16-43-24)29(41-5)25(18)26-22(13-23(39-3)27(40-4)30(26)42-6)31(32(17,2)38)35-45-15-20-14-37(36-34-20)21-9-7-19(33)8-10-21/h7-10,12-14,17,38H,11,15-16H2,1-6H3/b35-31+/t17-,32+/m0/s1. The first-order valence-electron chi connectivity index (χ1n) is 14.1. The lowest BCUT2D eigenvalue weighted by molar-refractivity contribution is 0.0625. The van der Waals surface area contributed by atoms with Crippen LogP contribution in [-0.2, 0) is 17.9 Å². The lowest BCUT2D eigenvalue weighted by Crippen LogP contribution is -2.44. The average Bonchev–Trinajstić information content (AvgIpc) is 3.71. The van der Waals surface area contributed by atoms with E-state index in [4.69, 9.17) is 33.3 Å². The summed E-state index contributed by atoms with van der Waals surface area (Å²) in [5, 5.41) is 25.2. The van der Waals surface area contributed by atoms with Crippen LogP contribution in [0.25, 0.3) is 16.8 Å². The van der Waals surface area contributed by atoms with Crippen molar-refractivity contribution in [2.45, 2.75) is 32.5 Å². The van der Waals surface area contributed by atoms with Gasteiger partial charge >= 0.3 is 0 Å². The Morgan fingerprint density at radius 1 is 1.00 bits per heavy atom. The Labute approximate surface area is 273 Å². The molecular formula is C32H33IN4O8. The number of rotatable bonds is 8. The van der Waals surface area contributed by atoms with Crippen LogP contribution in [0.2, 0.25) is 0 Å². The molecule has 0 unspecified atom stereocenters. The fraction of sp³-hybridized carbons (Fsp3) is 0.344. The van der Waals surface area contributed by atoms with E-state index in [1.54, 1.807) is 38.1 Å². The van der Waals surface area contributed by atoms with Crippen LogP contribution in [0.4, 0.5) is 0 Å². The van der Waals surface area contributed by atoms with Crippen molar-refractivity contribution in [1.82, 2.24) is 15.0 Å². The third-order valence-corrected chi connectivity index (χ3v) is 8.93. The molecule has 13 heteroatoms. The van der Waals surface area contributed by atoms with Gasteiger partial charge < -0.3 is 38.4 Å². The largest absolute Gasteiger partial charge is 0.493 e. The predicted molar refractivity (Wildman–Crippen MR) is 173 cm³/mol. The molecule has 0 fully saturated rings. The summed E-state index contributed by atoms with van der Waals surface area (Å²) in [5.41, 5.74) is 2.85. The Morgan fingerprint density at radius 3 is 2.42 bits per heavy atom. The van der Waals surface area contributed by atoms with E-state index >= 15 is 0 Å². The van der Waals surface area contributed by atoms with Gasteiger partial charge in [0.1, 0.15) is 17.0 Å². The minimum Gasteiger partial charge on any atom is -0.493 e. The van der Waals surface area contributed by atoms with Crippen molar-refractivity contribution in [1.29, 1.82) is 0 Å². The van der Waals surface area contributed by atoms with E-state index in [1.807, 2.05) is 37.3 Å². The molecule has 0 saturated heterocycles. The number of aliphatic hydroxyl groups is 1. The van der Waals surface area contributed by atoms with Crippen molar-refractivity contribution in [2.75, 3.05) is 35.2 Å². The molecule has 1 aromatic heterocycles. The summed E-state index contributed by atoms with van der Waals surface area (Å²) in [7, 11) is 6.18. The average molecular weight is 729 g/mol. The summed E-state index contributed by atoms with van der Waals surface area (Å²) in [5.74, 6) is 2.28. The van der Waals surface area contributed by atoms with E-state index in [9.17, 15) is 5.11 Å². The third-order valence-electron chi connectivity index (χ3n) is 8.21. The summed E-state index contributed by atoms with van der Waals surface area (Å²) in [4.78, 5) is 5.91. The summed E-state index contributed by atoms with van der Waals surface area (Å²) in [6, 6.07) is 11.6. The molecule has 45 heavy (non-hydrogen) atoms. The fourth-order valence-corrected chi connectivity index (χ4v) is 6.07. The minimum absolute atomic E-state index is 0.0106. The van der Waals surface area contributed by atoms with E-state index in [1.165, 1.54) is 14.2 Å². The highest BCUT2D eigenvalue weighted by molar-refractivity contribution is 14.1. The van der Waals surface area contributed by atoms with E-state index in [-0.39, 0.29) is 25.0 Å². The number of hydrogen-bond acceptors (Lipinski definition) is 11. The maximum absolute atomic E-state index is 12.2. The molecule has 0 bridgehead atoms. The zero-order valence-corrected chi connectivity index (χ0v) is 27.9. The SMILES string of the molecule is COc1cc2c(c(OC)c1OC)-c1c(cc3c(c1OC)OCO3)C[C@H](C)[C@@](C)(O)/C2=N/OCc1cn(-c2ccc(I)cc2)nn1. The molecule has 3 aromatic carbocycles. The molecule has 6 rings (SSSR count). The molecule has 236 valence electrons. The molecule has 2 atom stereocenters. The molecule has 12 nitrogen and oxygen atoms in total. The van der Waals surface area contributed by atoms with Crippen molar-refractivity contribution < 1.29 is 38.4 Å². The minimum atomic E-state index is -1.47. The van der Waals surface area contributed by atoms with Crippen LogP contribution < -0.4 is 28.4 Å². The predicted octanol–water partition coefficient (Wildman–Crippen LogP) is 5.17. The first kappa shape index (κ1) is 30.8. The van der Waals surface area contributed by atoms with Crippen molar-refractivity contribution in [3.8, 4) is 51.3 Å². The first-order valence-corrected chi connectivity index (χ1v) is 15.2. The maximum Gasteiger partial charge on any atom is 0.231 e. The Hall–Kier alpha value is -4.24. The van der Waals surface area contributed by atoms with Crippen LogP contribution >= 0.6 is 22.6 Å². The second-order valence-corrected chi connectivity index (χ2v) is 12.1. The van der Waals surface area contributed by atoms with Crippen LogP contribution in [0.1, 0.15) is 30.7 Å². The van der Waals surface area contributed by atoms with Crippen LogP contribution in [0.15, 0.2) is 47.8 Å². The Morgan fingerprint density at radius 2 is 1.73 bits per heavy atom. The van der Waals surface area contributed by atoms with Crippen molar-refractivity contribution >= 4 is 28.3 Å². The number of fused-ring (bicyclic) bond motifs is 4. The number of methoxy groups -OCH3 is 4. The van der Waals surface area contributed by atoms with Gasteiger partial charge in [-0.2, -0.15) is 0 Å². The van der Waals surface area contributed by atoms with Crippen LogP contribution in [-0.4, -0.2) is 66.6 Å². The first-order chi connectivity index (χ1) is 21.7. The van der Waals surface area contributed by atoms with Crippen molar-refractivity contribution in [3.05, 3.63) is 63.0 Å². The lowest BCUT2D eigenvalue weighted by Gasteiger charge is -2.36. The normalized spacial score (nSPS) is 19.3. The topological polar surface area (TPSA) is 128 Å². The fourth-order valence-electron chi connectivity index (χ4n) is 5.71. The summed E-state index contributed by atoms with van der Waals surface area (Å²) >= 11 is 2.25. The number of halogens is 1. The van der Waals surface area contributed by atoms with Gasteiger partial charge in [0, 0.05) is 20.3 Å². The quantitative estimate of drug-likeness (QED) is 0.192. The summed E-state index contributed by atoms with van der Waals surface area (Å²) in [6.07, 6.45) is 2.21. The lowest BCUT2D eigenvalue weighted by atomic mass is 9.73. The molecule has 4 aromatic rings. The molecule has 0 radical (unpaired) electrons. The third kappa shape index (κ3) is 5.37. The Kier molecular flexibility index (Phi) is 8.39. The molecule has 2 heterocycles. The molecule has 1 aliphatic heterocycles. The monoisotopic (exact) mass is 728 g/mol. The number of aromatic nitrogens is 3. The number of benzene rings is 3. The van der Waals surface area contributed by atoms with Crippen LogP contribution in [0, 0.1) is 9.49 Å². The zero-order chi connectivity index (χ0) is 31.9. The van der Waals surface area contributed by atoms with Gasteiger partial charge in [-0.1, -0.05) is 17.3 Å². The smallest absolute Gasteiger partial charge is 0.231 e. The Balaban J connectivity index is 1.51. The number of hydrogen-bond donors (Lipinski definition) is 1. The number of ether oxygens (including phenoxy) is 6. The number of oxime groups is 1. The summed E-state index contributed by atoms with van der Waals surface area (Å²) < 4.78 is 37.8. The highest BCUT2D eigenvalue weighted by atomic mass is 127.